The number of amides is 3. The van der Waals surface area contributed by atoms with Crippen LogP contribution in [0.3, 0.4) is 0 Å². The van der Waals surface area contributed by atoms with E-state index in [4.69, 9.17) is 0 Å². The highest BCUT2D eigenvalue weighted by atomic mass is 19.4. The molecule has 0 saturated carbocycles. The Balaban J connectivity index is 0.798. The number of fused-ring (bicyclic) bond motifs is 5. The summed E-state index contributed by atoms with van der Waals surface area (Å²) in [6.45, 7) is 7.31. The van der Waals surface area contributed by atoms with Crippen LogP contribution < -0.4 is 4.90 Å². The zero-order chi connectivity index (χ0) is 42.2. The molecule has 2 aromatic heterocycles. The van der Waals surface area contributed by atoms with Crippen molar-refractivity contribution in [2.75, 3.05) is 44.2 Å². The van der Waals surface area contributed by atoms with Crippen molar-refractivity contribution in [3.63, 3.8) is 0 Å². The van der Waals surface area contributed by atoms with Crippen molar-refractivity contribution in [2.24, 2.45) is 5.41 Å². The monoisotopic (exact) mass is 824 g/mol. The predicted octanol–water partition coefficient (Wildman–Crippen LogP) is 5.22. The topological polar surface area (TPSA) is 143 Å². The highest BCUT2D eigenvalue weighted by Crippen LogP contribution is 2.44. The molecule has 0 bridgehead atoms. The number of halogens is 3. The van der Waals surface area contributed by atoms with Crippen LogP contribution in [0.2, 0.25) is 0 Å². The van der Waals surface area contributed by atoms with Crippen LogP contribution in [-0.2, 0) is 33.9 Å². The highest BCUT2D eigenvalue weighted by Gasteiger charge is 2.48. The van der Waals surface area contributed by atoms with Crippen molar-refractivity contribution in [3.05, 3.63) is 87.9 Å². The lowest BCUT2D eigenvalue weighted by atomic mass is 9.72. The van der Waals surface area contributed by atoms with Gasteiger partial charge >= 0.3 is 6.18 Å². The van der Waals surface area contributed by atoms with Crippen LogP contribution in [-0.4, -0.2) is 121 Å². The minimum absolute atomic E-state index is 0.00200. The lowest BCUT2D eigenvalue weighted by Crippen LogP contribution is -2.63. The first-order valence-electron chi connectivity index (χ1n) is 20.6. The molecular formula is C44H47F3N8O5. The van der Waals surface area contributed by atoms with E-state index < -0.39 is 36.6 Å². The van der Waals surface area contributed by atoms with Gasteiger partial charge < -0.3 is 19.6 Å². The number of hydrogen-bond acceptors (Lipinski definition) is 10. The van der Waals surface area contributed by atoms with Gasteiger partial charge in [-0.1, -0.05) is 18.2 Å². The molecule has 2 unspecified atom stereocenters. The molecule has 9 rings (SSSR count). The van der Waals surface area contributed by atoms with E-state index in [1.165, 1.54) is 18.7 Å². The van der Waals surface area contributed by atoms with Gasteiger partial charge in [0, 0.05) is 91.7 Å². The number of nitrogens with zero attached hydrogens (tertiary/aromatic N) is 7. The lowest BCUT2D eigenvalue weighted by Gasteiger charge is -2.54. The largest absolute Gasteiger partial charge is 0.401 e. The molecule has 16 heteroatoms. The molecule has 3 atom stereocenters. The van der Waals surface area contributed by atoms with Crippen LogP contribution in [0.5, 0.6) is 0 Å². The number of alkyl halides is 3. The third-order valence-electron chi connectivity index (χ3n) is 13.3. The molecule has 7 heterocycles. The molecule has 2 fully saturated rings. The normalized spacial score (nSPS) is 21.9. The van der Waals surface area contributed by atoms with Gasteiger partial charge in [0.15, 0.2) is 5.78 Å². The van der Waals surface area contributed by atoms with Gasteiger partial charge in [-0.25, -0.2) is 9.97 Å². The second-order valence-corrected chi connectivity index (χ2v) is 17.5. The van der Waals surface area contributed by atoms with Crippen LogP contribution in [0.15, 0.2) is 48.8 Å². The first-order valence-corrected chi connectivity index (χ1v) is 20.6. The number of H-pyrrole nitrogens is 1. The number of Topliss-reactive ketones (excluding diaryl/α,β-unsaturated/α-hetero) is 2. The Morgan fingerprint density at radius 2 is 1.58 bits per heavy atom. The summed E-state index contributed by atoms with van der Waals surface area (Å²) in [6.07, 6.45) is 1.32. The van der Waals surface area contributed by atoms with Gasteiger partial charge in [-0.05, 0) is 81.3 Å². The number of aromatic amines is 1. The predicted molar refractivity (Wildman–Crippen MR) is 214 cm³/mol. The third kappa shape index (κ3) is 7.16. The molecule has 0 aliphatic carbocycles. The minimum atomic E-state index is -4.37. The molecule has 2 aromatic carbocycles. The van der Waals surface area contributed by atoms with Gasteiger partial charge in [0.25, 0.3) is 11.8 Å². The first kappa shape index (κ1) is 40.0. The number of rotatable bonds is 10. The van der Waals surface area contributed by atoms with Gasteiger partial charge in [0.05, 0.1) is 36.3 Å². The first-order chi connectivity index (χ1) is 28.6. The van der Waals surface area contributed by atoms with E-state index >= 15 is 0 Å². The number of hydrogen-bond donors (Lipinski definition) is 1. The minimum Gasteiger partial charge on any atom is -0.357 e. The number of likely N-dealkylation sites (tertiary alicyclic amines) is 1. The number of piperidine rings is 1. The van der Waals surface area contributed by atoms with E-state index in [1.54, 1.807) is 24.5 Å². The van der Waals surface area contributed by atoms with Crippen LogP contribution in [0.4, 0.5) is 19.1 Å². The molecule has 4 aromatic rings. The van der Waals surface area contributed by atoms with Gasteiger partial charge in [-0.3, -0.25) is 33.9 Å². The fraction of sp³-hybridized carbons (Fsp3) is 0.477. The Morgan fingerprint density at radius 1 is 0.950 bits per heavy atom. The number of imide groups is 1. The molecule has 3 amide bonds. The molecule has 1 spiro atoms. The number of benzene rings is 2. The maximum atomic E-state index is 13.9. The Morgan fingerprint density at radius 3 is 2.18 bits per heavy atom. The molecule has 314 valence electrons. The summed E-state index contributed by atoms with van der Waals surface area (Å²) in [5.41, 5.74) is 5.49. The average Bonchev–Trinajstić information content (AvgIpc) is 3.83. The van der Waals surface area contributed by atoms with Crippen LogP contribution in [0.1, 0.15) is 101 Å². The van der Waals surface area contributed by atoms with Crippen molar-refractivity contribution >= 4 is 46.1 Å². The summed E-state index contributed by atoms with van der Waals surface area (Å²) >= 11 is 0. The summed E-state index contributed by atoms with van der Waals surface area (Å²) < 4.78 is 41.7. The van der Waals surface area contributed by atoms with Crippen LogP contribution in [0, 0.1) is 5.41 Å². The second kappa shape index (κ2) is 14.9. The van der Waals surface area contributed by atoms with Crippen LogP contribution >= 0.6 is 0 Å². The Hall–Kier alpha value is -5.48. The quantitative estimate of drug-likeness (QED) is 0.212. The van der Waals surface area contributed by atoms with Crippen molar-refractivity contribution < 1.29 is 37.1 Å². The smallest absolute Gasteiger partial charge is 0.357 e. The van der Waals surface area contributed by atoms with Gasteiger partial charge in [-0.2, -0.15) is 13.2 Å². The number of nitrogens with one attached hydrogen (secondary N) is 1. The fourth-order valence-corrected chi connectivity index (χ4v) is 10.2. The maximum Gasteiger partial charge on any atom is 0.401 e. The van der Waals surface area contributed by atoms with Crippen molar-refractivity contribution in [1.29, 1.82) is 0 Å². The van der Waals surface area contributed by atoms with Crippen LogP contribution in [0.25, 0.3) is 10.9 Å². The van der Waals surface area contributed by atoms with Gasteiger partial charge in [-0.15, -0.1) is 0 Å². The summed E-state index contributed by atoms with van der Waals surface area (Å²) in [5, 5.41) is 1.02. The SMILES string of the molecule is CC(=O)CCC(C(C)=O)N1C(=O)c2cc3c(cc2C1=O)CN(CC(=O)N1CC2(CCN(c4ncc(C5c6[nH]c7ccccc7c6C[C@@H](C)N5CC(F)(F)F)cn4)CC2)C1)C3. The zero-order valence-electron chi connectivity index (χ0n) is 33.8. The summed E-state index contributed by atoms with van der Waals surface area (Å²) in [7, 11) is 0. The van der Waals surface area contributed by atoms with Gasteiger partial charge in [0.1, 0.15) is 5.78 Å². The van der Waals surface area contributed by atoms with E-state index in [1.807, 2.05) is 41.0 Å². The second-order valence-electron chi connectivity index (χ2n) is 17.5. The number of carbonyl (C=O) groups is 5. The molecule has 5 aliphatic heterocycles. The Bertz CT molecular complexity index is 2370. The number of ketones is 2. The standard InChI is InChI=1S/C44H47F3N8O5/c1-25-14-32-31-6-4-5-7-35(31)50-38(32)39(54(25)24-44(45,46)47)30-17-48-42(49-18-30)52-12-10-43(11-13-52)22-53(23-43)37(58)21-51-19-28-15-33-34(16-29(28)20-51)41(60)55(40(33)59)36(27(3)57)9-8-26(2)56/h4-7,15-18,25,36,39,50H,8-14,19-24H2,1-3H3/t25-,36?,39?/m1/s1. The van der Waals surface area contributed by atoms with Crippen molar-refractivity contribution in [3.8, 4) is 0 Å². The molecule has 1 N–H and O–H groups in total. The number of para-hydroxylation sites is 1. The Labute approximate surface area is 344 Å². The van der Waals surface area contributed by atoms with Gasteiger partial charge in [0.2, 0.25) is 11.9 Å². The van der Waals surface area contributed by atoms with E-state index in [9.17, 15) is 37.1 Å². The molecule has 60 heavy (non-hydrogen) atoms. The Kier molecular flexibility index (Phi) is 9.93. The molecule has 5 aliphatic rings. The van der Waals surface area contributed by atoms with E-state index in [-0.39, 0.29) is 59.4 Å². The summed E-state index contributed by atoms with van der Waals surface area (Å²) in [4.78, 5) is 85.5. The number of aromatic nitrogens is 3. The van der Waals surface area contributed by atoms with E-state index in [2.05, 4.69) is 19.9 Å². The molecule has 0 radical (unpaired) electrons. The van der Waals surface area contributed by atoms with Crippen molar-refractivity contribution in [2.45, 2.75) is 90.3 Å². The maximum absolute atomic E-state index is 13.9. The van der Waals surface area contributed by atoms with E-state index in [0.29, 0.717) is 57.2 Å². The molecule has 2 saturated heterocycles. The zero-order valence-corrected chi connectivity index (χ0v) is 33.8. The number of carbonyl (C=O) groups excluding carboxylic acids is 5. The van der Waals surface area contributed by atoms with E-state index in [0.717, 1.165) is 51.0 Å². The fourth-order valence-electron chi connectivity index (χ4n) is 10.2. The molecule has 13 nitrogen and oxygen atoms in total. The average molecular weight is 825 g/mol. The molecular weight excluding hydrogens is 778 g/mol. The van der Waals surface area contributed by atoms with Crippen molar-refractivity contribution in [1.82, 2.24) is 34.6 Å². The lowest BCUT2D eigenvalue weighted by molar-refractivity contribution is -0.155. The summed E-state index contributed by atoms with van der Waals surface area (Å²) in [5.74, 6) is -0.991. The highest BCUT2D eigenvalue weighted by molar-refractivity contribution is 6.23. The third-order valence-corrected chi connectivity index (χ3v) is 13.3. The summed E-state index contributed by atoms with van der Waals surface area (Å²) in [6, 6.07) is 9.19. The number of anilines is 1.